The van der Waals surface area contributed by atoms with E-state index in [2.05, 4.69) is 20.0 Å². The lowest BCUT2D eigenvalue weighted by Crippen LogP contribution is -2.05. The van der Waals surface area contributed by atoms with Gasteiger partial charge in [-0.3, -0.25) is 0 Å². The van der Waals surface area contributed by atoms with Crippen LogP contribution in [0.3, 0.4) is 0 Å². The molecule has 1 aromatic heterocycles. The Morgan fingerprint density at radius 1 is 1.12 bits per heavy atom. The number of alkyl halides is 2. The molecule has 0 amide bonds. The van der Waals surface area contributed by atoms with Crippen LogP contribution in [-0.2, 0) is 16.4 Å². The summed E-state index contributed by atoms with van der Waals surface area (Å²) in [5.41, 5.74) is 2.45. The molecule has 4 aromatic rings. The van der Waals surface area contributed by atoms with Crippen molar-refractivity contribution < 1.29 is 21.9 Å². The summed E-state index contributed by atoms with van der Waals surface area (Å²) in [5.74, 6) is 0.392. The van der Waals surface area contributed by atoms with E-state index in [0.717, 1.165) is 5.56 Å². The molecule has 0 spiro atoms. The molecule has 0 aliphatic carbocycles. The number of halogens is 4. The van der Waals surface area contributed by atoms with Crippen molar-refractivity contribution in [3.05, 3.63) is 70.2 Å². The first-order chi connectivity index (χ1) is 16.2. The number of rotatable bonds is 8. The molecule has 34 heavy (non-hydrogen) atoms. The molecule has 4 rings (SSSR count). The van der Waals surface area contributed by atoms with E-state index in [1.165, 1.54) is 6.07 Å². The molecule has 0 atom stereocenters. The van der Waals surface area contributed by atoms with E-state index < -0.39 is 16.4 Å². The van der Waals surface area contributed by atoms with Crippen molar-refractivity contribution in [3.63, 3.8) is 0 Å². The summed E-state index contributed by atoms with van der Waals surface area (Å²) in [6.45, 7) is -1.03. The van der Waals surface area contributed by atoms with Gasteiger partial charge < -0.3 is 15.0 Å². The van der Waals surface area contributed by atoms with Crippen LogP contribution in [0.15, 0.2) is 59.5 Å². The number of imidazole rings is 1. The van der Waals surface area contributed by atoms with Gasteiger partial charge in [-0.2, -0.15) is 8.78 Å². The van der Waals surface area contributed by atoms with Gasteiger partial charge in [0, 0.05) is 17.7 Å². The number of nitrogens with zero attached hydrogens (tertiary/aromatic N) is 1. The normalized spacial score (nSPS) is 11.8. The third-order valence-electron chi connectivity index (χ3n) is 5.16. The van der Waals surface area contributed by atoms with Gasteiger partial charge in [0.2, 0.25) is 5.95 Å². The van der Waals surface area contributed by atoms with Crippen LogP contribution in [0.1, 0.15) is 12.5 Å². The monoisotopic (exact) mass is 525 g/mol. The molecule has 0 saturated heterocycles. The van der Waals surface area contributed by atoms with E-state index in [-0.39, 0.29) is 26.4 Å². The molecule has 178 valence electrons. The highest BCUT2D eigenvalue weighted by Crippen LogP contribution is 2.43. The molecule has 0 saturated carbocycles. The molecule has 0 fully saturated rings. The molecule has 0 bridgehead atoms. The second-order valence-electron chi connectivity index (χ2n) is 7.30. The first kappa shape index (κ1) is 24.3. The summed E-state index contributed by atoms with van der Waals surface area (Å²) in [4.78, 5) is 7.82. The average Bonchev–Trinajstić information content (AvgIpc) is 3.22. The number of ether oxygens (including phenoxy) is 1. The Bertz CT molecular complexity index is 1440. The average molecular weight is 526 g/mol. The minimum Gasteiger partial charge on any atom is -0.434 e. The largest absolute Gasteiger partial charge is 0.434 e. The zero-order valence-electron chi connectivity index (χ0n) is 17.8. The lowest BCUT2D eigenvalue weighted by molar-refractivity contribution is -0.0494. The first-order valence-corrected chi connectivity index (χ1v) is 12.6. The van der Waals surface area contributed by atoms with Crippen LogP contribution >= 0.6 is 23.2 Å². The Labute approximate surface area is 204 Å². The van der Waals surface area contributed by atoms with Gasteiger partial charge in [-0.15, -0.1) is 0 Å². The fraction of sp³-hybridized carbons (Fsp3) is 0.174. The van der Waals surface area contributed by atoms with Crippen LogP contribution in [-0.4, -0.2) is 30.8 Å². The van der Waals surface area contributed by atoms with Crippen LogP contribution in [0.25, 0.3) is 22.2 Å². The van der Waals surface area contributed by atoms with Gasteiger partial charge >= 0.3 is 6.61 Å². The van der Waals surface area contributed by atoms with Crippen molar-refractivity contribution in [2.24, 2.45) is 0 Å². The molecule has 6 nitrogen and oxygen atoms in total. The fourth-order valence-corrected chi connectivity index (χ4v) is 5.04. The number of sulfone groups is 1. The minimum atomic E-state index is -3.26. The van der Waals surface area contributed by atoms with Gasteiger partial charge in [0.05, 0.1) is 26.2 Å². The van der Waals surface area contributed by atoms with Crippen LogP contribution < -0.4 is 10.1 Å². The number of para-hydroxylation sites is 1. The second kappa shape index (κ2) is 9.77. The van der Waals surface area contributed by atoms with E-state index >= 15 is 0 Å². The Morgan fingerprint density at radius 3 is 2.50 bits per heavy atom. The molecule has 0 unspecified atom stereocenters. The SMILES string of the molecule is CCS(=O)(=O)c1ccc(CNc2nc3c(Cl)c(-c4ccccc4OC(F)F)c(Cl)cc3[nH]2)cc1. The predicted octanol–water partition coefficient (Wildman–Crippen LogP) is 6.54. The molecule has 3 aromatic carbocycles. The van der Waals surface area contributed by atoms with E-state index in [1.807, 2.05) is 0 Å². The standard InChI is InChI=1S/C23H19Cl2F2N3O3S/c1-2-34(31,32)14-9-7-13(8-10-14)12-28-23-29-17-11-16(24)19(20(25)21(17)30-23)15-5-3-4-6-18(15)33-22(26)27/h3-11,22H,2,12H2,1H3,(H2,28,29,30). The highest BCUT2D eigenvalue weighted by atomic mass is 35.5. The number of fused-ring (bicyclic) bond motifs is 1. The van der Waals surface area contributed by atoms with Crippen molar-refractivity contribution in [3.8, 4) is 16.9 Å². The summed E-state index contributed by atoms with van der Waals surface area (Å²) in [6, 6.07) is 14.4. The fourth-order valence-electron chi connectivity index (χ4n) is 3.45. The van der Waals surface area contributed by atoms with Crippen molar-refractivity contribution in [1.82, 2.24) is 9.97 Å². The van der Waals surface area contributed by atoms with Gasteiger partial charge in [0.15, 0.2) is 9.84 Å². The molecule has 0 aliphatic heterocycles. The van der Waals surface area contributed by atoms with Crippen LogP contribution in [0.5, 0.6) is 5.75 Å². The van der Waals surface area contributed by atoms with Gasteiger partial charge in [0.1, 0.15) is 11.3 Å². The molecule has 0 radical (unpaired) electrons. The smallest absolute Gasteiger partial charge is 0.387 e. The van der Waals surface area contributed by atoms with Gasteiger partial charge in [-0.25, -0.2) is 13.4 Å². The Morgan fingerprint density at radius 2 is 1.82 bits per heavy atom. The van der Waals surface area contributed by atoms with Crippen molar-refractivity contribution in [1.29, 1.82) is 0 Å². The van der Waals surface area contributed by atoms with Gasteiger partial charge in [-0.05, 0) is 29.8 Å². The Kier molecular flexibility index (Phi) is 6.97. The summed E-state index contributed by atoms with van der Waals surface area (Å²) < 4.78 is 54.2. The van der Waals surface area contributed by atoms with E-state index in [0.29, 0.717) is 34.7 Å². The number of hydrogen-bond acceptors (Lipinski definition) is 5. The van der Waals surface area contributed by atoms with Crippen molar-refractivity contribution in [2.45, 2.75) is 25.0 Å². The zero-order chi connectivity index (χ0) is 24.5. The quantitative estimate of drug-likeness (QED) is 0.272. The number of benzene rings is 3. The maximum atomic E-state index is 12.9. The molecule has 2 N–H and O–H groups in total. The summed E-state index contributed by atoms with van der Waals surface area (Å²) >= 11 is 13.1. The van der Waals surface area contributed by atoms with E-state index in [4.69, 9.17) is 23.2 Å². The predicted molar refractivity (Wildman–Crippen MR) is 130 cm³/mol. The Balaban J connectivity index is 1.62. The maximum absolute atomic E-state index is 12.9. The van der Waals surface area contributed by atoms with Crippen molar-refractivity contribution in [2.75, 3.05) is 11.1 Å². The van der Waals surface area contributed by atoms with Gasteiger partial charge in [-0.1, -0.05) is 60.5 Å². The summed E-state index contributed by atoms with van der Waals surface area (Å²) in [5, 5.41) is 3.55. The highest BCUT2D eigenvalue weighted by Gasteiger charge is 2.20. The molecule has 11 heteroatoms. The zero-order valence-corrected chi connectivity index (χ0v) is 20.1. The lowest BCUT2D eigenvalue weighted by atomic mass is 10.0. The lowest BCUT2D eigenvalue weighted by Gasteiger charge is -2.13. The third-order valence-corrected chi connectivity index (χ3v) is 7.58. The van der Waals surface area contributed by atoms with Crippen LogP contribution in [0.4, 0.5) is 14.7 Å². The highest BCUT2D eigenvalue weighted by molar-refractivity contribution is 7.91. The number of hydrogen-bond donors (Lipinski definition) is 2. The third kappa shape index (κ3) is 4.96. The number of nitrogens with one attached hydrogen (secondary N) is 2. The second-order valence-corrected chi connectivity index (χ2v) is 10.4. The molecule has 0 aliphatic rings. The number of aromatic nitrogens is 2. The topological polar surface area (TPSA) is 84.1 Å². The minimum absolute atomic E-state index is 0.0353. The summed E-state index contributed by atoms with van der Waals surface area (Å²) in [6.07, 6.45) is 0. The first-order valence-electron chi connectivity index (χ1n) is 10.2. The van der Waals surface area contributed by atoms with E-state index in [9.17, 15) is 17.2 Å². The van der Waals surface area contributed by atoms with Crippen LogP contribution in [0.2, 0.25) is 10.0 Å². The Hall–Kier alpha value is -2.88. The van der Waals surface area contributed by atoms with E-state index in [1.54, 1.807) is 55.5 Å². The molecule has 1 heterocycles. The number of H-pyrrole nitrogens is 1. The maximum Gasteiger partial charge on any atom is 0.387 e. The number of aromatic amines is 1. The molecular formula is C23H19Cl2F2N3O3S. The molecular weight excluding hydrogens is 507 g/mol. The summed E-state index contributed by atoms with van der Waals surface area (Å²) in [7, 11) is -3.26. The van der Waals surface area contributed by atoms with Crippen molar-refractivity contribution >= 4 is 50.0 Å². The number of anilines is 1. The van der Waals surface area contributed by atoms with Crippen LogP contribution in [0, 0.1) is 0 Å². The van der Waals surface area contributed by atoms with Gasteiger partial charge in [0.25, 0.3) is 0 Å².